The van der Waals surface area contributed by atoms with E-state index in [0.717, 1.165) is 0 Å². The number of ether oxygens (including phenoxy) is 3. The lowest BCUT2D eigenvalue weighted by atomic mass is 10.1. The molecule has 2 aromatic rings. The van der Waals surface area contributed by atoms with Gasteiger partial charge in [-0.1, -0.05) is 24.3 Å². The van der Waals surface area contributed by atoms with Gasteiger partial charge in [0, 0.05) is 5.56 Å². The van der Waals surface area contributed by atoms with Gasteiger partial charge in [-0.3, -0.25) is 25.2 Å². The number of nitrogens with one attached hydrogen (secondary N) is 2. The first-order valence-corrected chi connectivity index (χ1v) is 8.04. The molecule has 0 heterocycles. The Bertz CT molecular complexity index is 807. The lowest BCUT2D eigenvalue weighted by Gasteiger charge is -2.10. The van der Waals surface area contributed by atoms with E-state index in [4.69, 9.17) is 14.2 Å². The molecule has 0 aliphatic carbocycles. The number of carbonyl (C=O) groups is 3. The average molecular weight is 372 g/mol. The van der Waals surface area contributed by atoms with Gasteiger partial charge in [-0.05, 0) is 29.8 Å². The van der Waals surface area contributed by atoms with Crippen molar-refractivity contribution in [3.63, 3.8) is 0 Å². The number of hydrogen-bond acceptors (Lipinski definition) is 6. The number of esters is 1. The summed E-state index contributed by atoms with van der Waals surface area (Å²) in [5.41, 5.74) is 5.46. The molecule has 2 N–H and O–H groups in total. The van der Waals surface area contributed by atoms with Crippen LogP contribution in [0, 0.1) is 0 Å². The van der Waals surface area contributed by atoms with Crippen molar-refractivity contribution in [1.82, 2.24) is 10.9 Å². The van der Waals surface area contributed by atoms with E-state index in [1.54, 1.807) is 48.5 Å². The number of benzene rings is 2. The number of hydrogen-bond donors (Lipinski definition) is 2. The first kappa shape index (κ1) is 19.8. The summed E-state index contributed by atoms with van der Waals surface area (Å²) in [6.45, 7) is -0.513. The highest BCUT2D eigenvalue weighted by atomic mass is 16.5. The molecule has 0 saturated heterocycles. The van der Waals surface area contributed by atoms with Crippen LogP contribution in [0.2, 0.25) is 0 Å². The van der Waals surface area contributed by atoms with E-state index in [1.165, 1.54) is 14.2 Å². The maximum absolute atomic E-state index is 11.9. The molecule has 0 fully saturated rings. The van der Waals surface area contributed by atoms with Gasteiger partial charge in [0.15, 0.2) is 18.1 Å². The minimum Gasteiger partial charge on any atom is -0.493 e. The van der Waals surface area contributed by atoms with Crippen molar-refractivity contribution in [2.24, 2.45) is 0 Å². The van der Waals surface area contributed by atoms with Gasteiger partial charge in [-0.25, -0.2) is 0 Å². The van der Waals surface area contributed by atoms with Crippen LogP contribution < -0.4 is 20.3 Å². The van der Waals surface area contributed by atoms with Crippen molar-refractivity contribution >= 4 is 17.8 Å². The van der Waals surface area contributed by atoms with Gasteiger partial charge in [0.25, 0.3) is 11.8 Å². The lowest BCUT2D eigenvalue weighted by Crippen LogP contribution is -2.43. The molecule has 2 amide bonds. The van der Waals surface area contributed by atoms with E-state index >= 15 is 0 Å². The average Bonchev–Trinajstić information content (AvgIpc) is 2.70. The van der Waals surface area contributed by atoms with Crippen LogP contribution >= 0.6 is 0 Å². The van der Waals surface area contributed by atoms with E-state index in [-0.39, 0.29) is 6.42 Å². The summed E-state index contributed by atoms with van der Waals surface area (Å²) in [5.74, 6) is -0.681. The molecule has 2 rings (SSSR count). The second-order valence-corrected chi connectivity index (χ2v) is 5.40. The minimum absolute atomic E-state index is 0.0377. The third kappa shape index (κ3) is 6.03. The van der Waals surface area contributed by atoms with Crippen LogP contribution in [0.25, 0.3) is 0 Å². The van der Waals surface area contributed by atoms with Gasteiger partial charge in [0.05, 0.1) is 20.6 Å². The normalized spacial score (nSPS) is 9.85. The SMILES string of the molecule is COc1ccc(CC(=O)OCC(=O)NNC(=O)c2ccccc2)cc1OC. The fourth-order valence-electron chi connectivity index (χ4n) is 2.18. The standard InChI is InChI=1S/C19H20N2O6/c1-25-15-9-8-13(10-16(15)26-2)11-18(23)27-12-17(22)20-21-19(24)14-6-4-3-5-7-14/h3-10H,11-12H2,1-2H3,(H,20,22)(H,21,24). The van der Waals surface area contributed by atoms with Gasteiger partial charge in [0.2, 0.25) is 0 Å². The Morgan fingerprint density at radius 1 is 0.889 bits per heavy atom. The second-order valence-electron chi connectivity index (χ2n) is 5.40. The molecule has 0 radical (unpaired) electrons. The summed E-state index contributed by atoms with van der Waals surface area (Å²) in [6, 6.07) is 13.4. The van der Waals surface area contributed by atoms with Crippen molar-refractivity contribution in [2.45, 2.75) is 6.42 Å². The molecule has 0 unspecified atom stereocenters. The van der Waals surface area contributed by atoms with Crippen molar-refractivity contribution in [2.75, 3.05) is 20.8 Å². The van der Waals surface area contributed by atoms with E-state index in [2.05, 4.69) is 10.9 Å². The maximum Gasteiger partial charge on any atom is 0.310 e. The highest BCUT2D eigenvalue weighted by Gasteiger charge is 2.12. The summed E-state index contributed by atoms with van der Waals surface area (Å²) in [7, 11) is 3.01. The van der Waals surface area contributed by atoms with E-state index in [9.17, 15) is 14.4 Å². The fourth-order valence-corrected chi connectivity index (χ4v) is 2.18. The molecule has 2 aromatic carbocycles. The zero-order valence-electron chi connectivity index (χ0n) is 15.0. The fraction of sp³-hybridized carbons (Fsp3) is 0.211. The molecular formula is C19H20N2O6. The quantitative estimate of drug-likeness (QED) is 0.560. The Kier molecular flexibility index (Phi) is 7.18. The molecule has 8 heteroatoms. The van der Waals surface area contributed by atoms with Crippen molar-refractivity contribution in [3.05, 3.63) is 59.7 Å². The maximum atomic E-state index is 11.9. The highest BCUT2D eigenvalue weighted by Crippen LogP contribution is 2.27. The smallest absolute Gasteiger partial charge is 0.310 e. The van der Waals surface area contributed by atoms with Gasteiger partial charge < -0.3 is 14.2 Å². The molecule has 8 nitrogen and oxygen atoms in total. The number of carbonyl (C=O) groups excluding carboxylic acids is 3. The molecule has 0 saturated carbocycles. The van der Waals surface area contributed by atoms with Crippen LogP contribution in [0.4, 0.5) is 0 Å². The third-order valence-electron chi connectivity index (χ3n) is 3.51. The number of hydrazine groups is 1. The first-order chi connectivity index (χ1) is 13.0. The van der Waals surface area contributed by atoms with Crippen LogP contribution in [0.3, 0.4) is 0 Å². The molecule has 0 bridgehead atoms. The molecular weight excluding hydrogens is 352 g/mol. The Labute approximate surface area is 156 Å². The van der Waals surface area contributed by atoms with Gasteiger partial charge >= 0.3 is 5.97 Å². The van der Waals surface area contributed by atoms with Gasteiger partial charge in [-0.2, -0.15) is 0 Å². The summed E-state index contributed by atoms with van der Waals surface area (Å²) < 4.78 is 15.2. The molecule has 0 atom stereocenters. The Morgan fingerprint density at radius 3 is 2.26 bits per heavy atom. The Morgan fingerprint density at radius 2 is 1.59 bits per heavy atom. The molecule has 27 heavy (non-hydrogen) atoms. The van der Waals surface area contributed by atoms with Crippen LogP contribution in [0.5, 0.6) is 11.5 Å². The van der Waals surface area contributed by atoms with Crippen LogP contribution in [0.15, 0.2) is 48.5 Å². The highest BCUT2D eigenvalue weighted by molar-refractivity contribution is 5.95. The van der Waals surface area contributed by atoms with E-state index in [1.807, 2.05) is 0 Å². The lowest BCUT2D eigenvalue weighted by molar-refractivity contribution is -0.148. The minimum atomic E-state index is -0.653. The third-order valence-corrected chi connectivity index (χ3v) is 3.51. The topological polar surface area (TPSA) is 103 Å². The Balaban J connectivity index is 1.76. The summed E-state index contributed by atoms with van der Waals surface area (Å²) in [4.78, 5) is 35.3. The van der Waals surface area contributed by atoms with Crippen molar-refractivity contribution in [3.8, 4) is 11.5 Å². The van der Waals surface area contributed by atoms with E-state index < -0.39 is 24.4 Å². The zero-order valence-corrected chi connectivity index (χ0v) is 15.0. The number of rotatable bonds is 7. The first-order valence-electron chi connectivity index (χ1n) is 8.04. The monoisotopic (exact) mass is 372 g/mol. The van der Waals surface area contributed by atoms with Crippen molar-refractivity contribution in [1.29, 1.82) is 0 Å². The largest absolute Gasteiger partial charge is 0.493 e. The zero-order chi connectivity index (χ0) is 19.6. The molecule has 0 aromatic heterocycles. The molecule has 0 spiro atoms. The number of amides is 2. The molecule has 0 aliphatic rings. The van der Waals surface area contributed by atoms with Crippen LogP contribution in [0.1, 0.15) is 15.9 Å². The second kappa shape index (κ2) is 9.81. The van der Waals surface area contributed by atoms with Gasteiger partial charge in [0.1, 0.15) is 0 Å². The van der Waals surface area contributed by atoms with Crippen LogP contribution in [-0.4, -0.2) is 38.6 Å². The van der Waals surface area contributed by atoms with E-state index in [0.29, 0.717) is 22.6 Å². The predicted octanol–water partition coefficient (Wildman–Crippen LogP) is 1.25. The van der Waals surface area contributed by atoms with Gasteiger partial charge in [-0.15, -0.1) is 0 Å². The summed E-state index contributed by atoms with van der Waals surface area (Å²) in [6.07, 6.45) is -0.0377. The molecule has 0 aliphatic heterocycles. The Hall–Kier alpha value is -3.55. The molecule has 142 valence electrons. The summed E-state index contributed by atoms with van der Waals surface area (Å²) in [5, 5.41) is 0. The van der Waals surface area contributed by atoms with Crippen LogP contribution in [-0.2, 0) is 20.7 Å². The summed E-state index contributed by atoms with van der Waals surface area (Å²) >= 11 is 0. The number of methoxy groups -OCH3 is 2. The predicted molar refractivity (Wildman–Crippen MR) is 96.3 cm³/mol. The van der Waals surface area contributed by atoms with Crippen molar-refractivity contribution < 1.29 is 28.6 Å².